The third-order valence-corrected chi connectivity index (χ3v) is 4.94. The van der Waals surface area contributed by atoms with Crippen LogP contribution in [0.2, 0.25) is 0 Å². The monoisotopic (exact) mass is 383 g/mol. The van der Waals surface area contributed by atoms with Gasteiger partial charge in [-0.05, 0) is 31.2 Å². The number of hydrogen-bond acceptors (Lipinski definition) is 5. The first-order valence-electron chi connectivity index (χ1n) is 9.72. The molecule has 1 fully saturated rings. The van der Waals surface area contributed by atoms with Crippen molar-refractivity contribution < 1.29 is 14.3 Å². The van der Waals surface area contributed by atoms with Crippen molar-refractivity contribution in [3.63, 3.8) is 0 Å². The number of methoxy groups -OCH3 is 1. The predicted molar refractivity (Wildman–Crippen MR) is 111 cm³/mol. The molecule has 28 heavy (non-hydrogen) atoms. The van der Waals surface area contributed by atoms with Crippen LogP contribution in [0, 0.1) is 6.92 Å². The van der Waals surface area contributed by atoms with E-state index in [1.54, 1.807) is 7.11 Å². The normalized spacial score (nSPS) is 14.6. The van der Waals surface area contributed by atoms with Crippen LogP contribution in [-0.4, -0.2) is 63.8 Å². The number of aryl methyl sites for hydroxylation is 1. The number of amides is 1. The Balaban J connectivity index is 1.34. The molecule has 150 valence electrons. The van der Waals surface area contributed by atoms with E-state index >= 15 is 0 Å². The smallest absolute Gasteiger partial charge is 0.257 e. The van der Waals surface area contributed by atoms with Crippen LogP contribution in [0.3, 0.4) is 0 Å². The molecule has 6 heteroatoms. The van der Waals surface area contributed by atoms with Crippen LogP contribution < -0.4 is 19.7 Å². The number of ether oxygens (including phenoxy) is 2. The maximum absolute atomic E-state index is 12.0. The van der Waals surface area contributed by atoms with Crippen molar-refractivity contribution in [2.75, 3.05) is 57.9 Å². The number of carbonyl (C=O) groups excluding carboxylic acids is 1. The van der Waals surface area contributed by atoms with Crippen molar-refractivity contribution in [3.8, 4) is 11.5 Å². The van der Waals surface area contributed by atoms with E-state index < -0.39 is 0 Å². The molecule has 1 aliphatic rings. The third-order valence-electron chi connectivity index (χ3n) is 4.94. The first kappa shape index (κ1) is 20.0. The Morgan fingerprint density at radius 2 is 1.75 bits per heavy atom. The Morgan fingerprint density at radius 3 is 2.46 bits per heavy atom. The second kappa shape index (κ2) is 9.99. The fraction of sp³-hybridized carbons (Fsp3) is 0.409. The average Bonchev–Trinajstić information content (AvgIpc) is 2.74. The highest BCUT2D eigenvalue weighted by Crippen LogP contribution is 2.28. The summed E-state index contributed by atoms with van der Waals surface area (Å²) < 4.78 is 11.0. The summed E-state index contributed by atoms with van der Waals surface area (Å²) in [5.74, 6) is 1.54. The van der Waals surface area contributed by atoms with Gasteiger partial charge in [-0.25, -0.2) is 0 Å². The van der Waals surface area contributed by atoms with E-state index in [0.29, 0.717) is 12.3 Å². The maximum Gasteiger partial charge on any atom is 0.257 e. The van der Waals surface area contributed by atoms with Crippen molar-refractivity contribution in [3.05, 3.63) is 54.1 Å². The number of anilines is 1. The van der Waals surface area contributed by atoms with E-state index in [9.17, 15) is 4.79 Å². The zero-order valence-electron chi connectivity index (χ0n) is 16.7. The number of hydrogen-bond donors (Lipinski definition) is 1. The van der Waals surface area contributed by atoms with Gasteiger partial charge < -0.3 is 19.7 Å². The Kier molecular flexibility index (Phi) is 7.14. The van der Waals surface area contributed by atoms with E-state index in [0.717, 1.165) is 44.2 Å². The molecule has 1 N–H and O–H groups in total. The van der Waals surface area contributed by atoms with Crippen LogP contribution in [0.1, 0.15) is 5.56 Å². The van der Waals surface area contributed by atoms with Crippen molar-refractivity contribution in [1.82, 2.24) is 10.2 Å². The fourth-order valence-corrected chi connectivity index (χ4v) is 3.29. The molecule has 0 atom stereocenters. The standard InChI is InChI=1S/C22H29N3O3/c1-18-7-9-19(10-8-18)28-17-22(26)23-11-12-24-13-15-25(16-14-24)20-5-3-4-6-21(20)27-2/h3-10H,11-17H2,1-2H3,(H,23,26). The quantitative estimate of drug-likeness (QED) is 0.758. The summed E-state index contributed by atoms with van der Waals surface area (Å²) in [5.41, 5.74) is 2.31. The molecule has 3 rings (SSSR count). The Labute approximate surface area is 167 Å². The zero-order valence-corrected chi connectivity index (χ0v) is 16.7. The molecule has 0 bridgehead atoms. The van der Waals surface area contributed by atoms with Crippen LogP contribution >= 0.6 is 0 Å². The molecule has 1 amide bonds. The summed E-state index contributed by atoms with van der Waals surface area (Å²) in [6.07, 6.45) is 0. The number of nitrogens with one attached hydrogen (secondary N) is 1. The van der Waals surface area contributed by atoms with Gasteiger partial charge in [-0.1, -0.05) is 29.8 Å². The molecule has 1 heterocycles. The van der Waals surface area contributed by atoms with Crippen molar-refractivity contribution >= 4 is 11.6 Å². The van der Waals surface area contributed by atoms with Crippen LogP contribution in [0.5, 0.6) is 11.5 Å². The van der Waals surface area contributed by atoms with Crippen LogP contribution in [0.25, 0.3) is 0 Å². The molecule has 2 aromatic rings. The molecule has 1 aliphatic heterocycles. The fourth-order valence-electron chi connectivity index (χ4n) is 3.29. The minimum absolute atomic E-state index is 0.0463. The molecule has 2 aromatic carbocycles. The van der Waals surface area contributed by atoms with Crippen LogP contribution in [0.15, 0.2) is 48.5 Å². The zero-order chi connectivity index (χ0) is 19.8. The second-order valence-electron chi connectivity index (χ2n) is 6.95. The van der Waals surface area contributed by atoms with Gasteiger partial charge in [0.05, 0.1) is 12.8 Å². The lowest BCUT2D eigenvalue weighted by Crippen LogP contribution is -2.48. The third kappa shape index (κ3) is 5.63. The Morgan fingerprint density at radius 1 is 1.04 bits per heavy atom. The SMILES string of the molecule is COc1ccccc1N1CCN(CCNC(=O)COc2ccc(C)cc2)CC1. The lowest BCUT2D eigenvalue weighted by Gasteiger charge is -2.36. The molecule has 6 nitrogen and oxygen atoms in total. The predicted octanol–water partition coefficient (Wildman–Crippen LogP) is 2.32. The van der Waals surface area contributed by atoms with Gasteiger partial charge in [0.2, 0.25) is 0 Å². The first-order chi connectivity index (χ1) is 13.7. The number of para-hydroxylation sites is 2. The van der Waals surface area contributed by atoms with Gasteiger partial charge in [0.15, 0.2) is 6.61 Å². The van der Waals surface area contributed by atoms with Gasteiger partial charge in [0.1, 0.15) is 11.5 Å². The van der Waals surface area contributed by atoms with Gasteiger partial charge in [-0.3, -0.25) is 9.69 Å². The number of rotatable bonds is 8. The van der Waals surface area contributed by atoms with E-state index in [4.69, 9.17) is 9.47 Å². The summed E-state index contributed by atoms with van der Waals surface area (Å²) >= 11 is 0. The average molecular weight is 383 g/mol. The molecule has 0 radical (unpaired) electrons. The summed E-state index contributed by atoms with van der Waals surface area (Å²) in [7, 11) is 1.71. The molecule has 0 aliphatic carbocycles. The summed E-state index contributed by atoms with van der Waals surface area (Å²) in [6, 6.07) is 15.8. The van der Waals surface area contributed by atoms with Crippen molar-refractivity contribution in [2.24, 2.45) is 0 Å². The lowest BCUT2D eigenvalue weighted by atomic mass is 10.2. The Hall–Kier alpha value is -2.73. The summed E-state index contributed by atoms with van der Waals surface area (Å²) in [6.45, 7) is 7.37. The minimum atomic E-state index is -0.0896. The number of piperazine rings is 1. The van der Waals surface area contributed by atoms with Crippen molar-refractivity contribution in [1.29, 1.82) is 0 Å². The topological polar surface area (TPSA) is 54.0 Å². The van der Waals surface area contributed by atoms with Crippen molar-refractivity contribution in [2.45, 2.75) is 6.92 Å². The molecule has 1 saturated heterocycles. The van der Waals surface area contributed by atoms with Gasteiger partial charge in [-0.15, -0.1) is 0 Å². The lowest BCUT2D eigenvalue weighted by molar-refractivity contribution is -0.123. The highest BCUT2D eigenvalue weighted by Gasteiger charge is 2.19. The first-order valence-corrected chi connectivity index (χ1v) is 9.72. The van der Waals surface area contributed by atoms with Gasteiger partial charge in [0.25, 0.3) is 5.91 Å². The highest BCUT2D eigenvalue weighted by molar-refractivity contribution is 5.77. The van der Waals surface area contributed by atoms with E-state index in [-0.39, 0.29) is 12.5 Å². The molecule has 0 unspecified atom stereocenters. The number of carbonyl (C=O) groups is 1. The highest BCUT2D eigenvalue weighted by atomic mass is 16.5. The largest absolute Gasteiger partial charge is 0.495 e. The van der Waals surface area contributed by atoms with Crippen LogP contribution in [-0.2, 0) is 4.79 Å². The molecule has 0 aromatic heterocycles. The van der Waals surface area contributed by atoms with E-state index in [1.165, 1.54) is 5.56 Å². The minimum Gasteiger partial charge on any atom is -0.495 e. The molecular formula is C22H29N3O3. The van der Waals surface area contributed by atoms with Gasteiger partial charge >= 0.3 is 0 Å². The number of nitrogens with zero attached hydrogens (tertiary/aromatic N) is 2. The molecule has 0 spiro atoms. The molecule has 0 saturated carbocycles. The maximum atomic E-state index is 12.0. The number of benzene rings is 2. The van der Waals surface area contributed by atoms with Gasteiger partial charge in [0, 0.05) is 39.3 Å². The summed E-state index contributed by atoms with van der Waals surface area (Å²) in [5, 5.41) is 2.93. The van der Waals surface area contributed by atoms with Gasteiger partial charge in [-0.2, -0.15) is 0 Å². The second-order valence-corrected chi connectivity index (χ2v) is 6.95. The summed E-state index contributed by atoms with van der Waals surface area (Å²) in [4.78, 5) is 16.7. The van der Waals surface area contributed by atoms with Crippen LogP contribution in [0.4, 0.5) is 5.69 Å². The molecular weight excluding hydrogens is 354 g/mol. The Bertz CT molecular complexity index is 756. The van der Waals surface area contributed by atoms with E-state index in [1.807, 2.05) is 49.4 Å². The van der Waals surface area contributed by atoms with E-state index in [2.05, 4.69) is 21.2 Å².